The van der Waals surface area contributed by atoms with Crippen LogP contribution in [-0.4, -0.2) is 21.3 Å². The van der Waals surface area contributed by atoms with Crippen LogP contribution in [0.4, 0.5) is 0 Å². The second kappa shape index (κ2) is 7.43. The normalized spacial score (nSPS) is 12.0. The molecule has 0 saturated carbocycles. The van der Waals surface area contributed by atoms with E-state index in [0.29, 0.717) is 11.7 Å². The van der Waals surface area contributed by atoms with Crippen LogP contribution in [0.3, 0.4) is 0 Å². The Morgan fingerprint density at radius 3 is 2.87 bits per heavy atom. The van der Waals surface area contributed by atoms with Gasteiger partial charge < -0.3 is 9.84 Å². The van der Waals surface area contributed by atoms with E-state index in [1.54, 1.807) is 11.3 Å². The molecule has 7 heteroatoms. The molecule has 3 aromatic rings. The monoisotopic (exact) mass is 345 g/mol. The highest BCUT2D eigenvalue weighted by Crippen LogP contribution is 2.23. The highest BCUT2D eigenvalue weighted by Gasteiger charge is 2.16. The van der Waals surface area contributed by atoms with Crippen LogP contribution in [0.15, 0.2) is 57.3 Å². The van der Waals surface area contributed by atoms with Gasteiger partial charge in [0, 0.05) is 4.90 Å². The van der Waals surface area contributed by atoms with E-state index in [2.05, 4.69) is 15.5 Å². The molecule has 0 spiro atoms. The summed E-state index contributed by atoms with van der Waals surface area (Å²) in [6.07, 6.45) is 0. The minimum absolute atomic E-state index is 0.0604. The van der Waals surface area contributed by atoms with Gasteiger partial charge in [-0.15, -0.1) is 23.1 Å². The van der Waals surface area contributed by atoms with Gasteiger partial charge in [-0.05, 0) is 30.5 Å². The highest BCUT2D eigenvalue weighted by molar-refractivity contribution is 8.00. The van der Waals surface area contributed by atoms with Gasteiger partial charge in [0.2, 0.25) is 17.6 Å². The maximum Gasteiger partial charge on any atom is 0.246 e. The maximum atomic E-state index is 12.1. The van der Waals surface area contributed by atoms with E-state index >= 15 is 0 Å². The second-order valence-electron chi connectivity index (χ2n) is 4.78. The summed E-state index contributed by atoms with van der Waals surface area (Å²) in [6.45, 7) is 2.11. The van der Waals surface area contributed by atoms with E-state index in [1.165, 1.54) is 11.8 Å². The first-order valence-corrected chi connectivity index (χ1v) is 8.84. The minimum Gasteiger partial charge on any atom is -0.346 e. The summed E-state index contributed by atoms with van der Waals surface area (Å²) in [6, 6.07) is 13.7. The van der Waals surface area contributed by atoms with Gasteiger partial charge in [0.05, 0.1) is 16.7 Å². The Morgan fingerprint density at radius 2 is 2.13 bits per heavy atom. The lowest BCUT2D eigenvalue weighted by Gasteiger charge is -2.10. The number of amides is 1. The molecule has 1 atom stereocenters. The van der Waals surface area contributed by atoms with Crippen molar-refractivity contribution in [1.29, 1.82) is 0 Å². The van der Waals surface area contributed by atoms with Gasteiger partial charge in [-0.3, -0.25) is 4.79 Å². The molecule has 0 fully saturated rings. The maximum absolute atomic E-state index is 12.1. The number of benzene rings is 1. The van der Waals surface area contributed by atoms with Crippen molar-refractivity contribution >= 4 is 29.0 Å². The van der Waals surface area contributed by atoms with Gasteiger partial charge >= 0.3 is 0 Å². The number of hydrogen-bond acceptors (Lipinski definition) is 6. The number of thiophene rings is 1. The van der Waals surface area contributed by atoms with Crippen molar-refractivity contribution in [2.24, 2.45) is 0 Å². The van der Waals surface area contributed by atoms with Crippen molar-refractivity contribution in [1.82, 2.24) is 15.5 Å². The van der Waals surface area contributed by atoms with E-state index in [0.717, 1.165) is 9.77 Å². The number of rotatable bonds is 6. The van der Waals surface area contributed by atoms with Crippen LogP contribution in [0, 0.1) is 0 Å². The molecule has 0 saturated heterocycles. The fourth-order valence-electron chi connectivity index (χ4n) is 1.90. The summed E-state index contributed by atoms with van der Waals surface area (Å²) >= 11 is 3.06. The number of nitrogens with one attached hydrogen (secondary N) is 1. The Morgan fingerprint density at radius 1 is 1.30 bits per heavy atom. The predicted molar refractivity (Wildman–Crippen MR) is 91.2 cm³/mol. The molecule has 3 rings (SSSR count). The molecule has 118 valence electrons. The van der Waals surface area contributed by atoms with E-state index < -0.39 is 0 Å². The molecule has 1 aromatic carbocycles. The van der Waals surface area contributed by atoms with Gasteiger partial charge in [-0.2, -0.15) is 4.98 Å². The first kappa shape index (κ1) is 15.8. The van der Waals surface area contributed by atoms with Crippen molar-refractivity contribution in [2.45, 2.75) is 23.6 Å². The lowest BCUT2D eigenvalue weighted by Crippen LogP contribution is -2.30. The lowest BCUT2D eigenvalue weighted by molar-refractivity contribution is -0.120. The Balaban J connectivity index is 1.52. The third kappa shape index (κ3) is 4.20. The summed E-state index contributed by atoms with van der Waals surface area (Å²) in [7, 11) is 0. The Kier molecular flexibility index (Phi) is 5.09. The highest BCUT2D eigenvalue weighted by atomic mass is 32.2. The minimum atomic E-state index is -0.197. The number of carbonyl (C=O) groups excluding carboxylic acids is 1. The first-order chi connectivity index (χ1) is 11.2. The van der Waals surface area contributed by atoms with Crippen molar-refractivity contribution in [3.63, 3.8) is 0 Å². The van der Waals surface area contributed by atoms with Crippen molar-refractivity contribution in [3.8, 4) is 10.7 Å². The zero-order chi connectivity index (χ0) is 16.1. The molecule has 1 N–H and O–H groups in total. The van der Waals surface area contributed by atoms with Crippen LogP contribution in [0.1, 0.15) is 12.8 Å². The van der Waals surface area contributed by atoms with Crippen LogP contribution < -0.4 is 5.32 Å². The standard InChI is InChI=1S/C16H15N3O2S2/c1-11(23-12-6-3-2-4-7-12)16(20)17-10-14-18-15(19-21-14)13-8-5-9-22-13/h2-9,11H,10H2,1H3,(H,17,20). The molecular formula is C16H15N3O2S2. The van der Waals surface area contributed by atoms with Gasteiger partial charge in [0.15, 0.2) is 0 Å². The molecule has 2 heterocycles. The van der Waals surface area contributed by atoms with Gasteiger partial charge in [-0.1, -0.05) is 29.4 Å². The largest absolute Gasteiger partial charge is 0.346 e. The van der Waals surface area contributed by atoms with Gasteiger partial charge in [-0.25, -0.2) is 0 Å². The van der Waals surface area contributed by atoms with Crippen molar-refractivity contribution in [2.75, 3.05) is 0 Å². The number of aromatic nitrogens is 2. The van der Waals surface area contributed by atoms with E-state index in [-0.39, 0.29) is 17.7 Å². The molecule has 23 heavy (non-hydrogen) atoms. The van der Waals surface area contributed by atoms with E-state index in [4.69, 9.17) is 4.52 Å². The van der Waals surface area contributed by atoms with Crippen LogP contribution in [0.2, 0.25) is 0 Å². The smallest absolute Gasteiger partial charge is 0.246 e. The molecule has 0 radical (unpaired) electrons. The molecule has 5 nitrogen and oxygen atoms in total. The van der Waals surface area contributed by atoms with E-state index in [1.807, 2.05) is 54.8 Å². The number of thioether (sulfide) groups is 1. The van der Waals surface area contributed by atoms with Gasteiger partial charge in [0.1, 0.15) is 0 Å². The third-order valence-corrected chi connectivity index (χ3v) is 5.03. The molecule has 1 amide bonds. The quantitative estimate of drug-likeness (QED) is 0.692. The Hall–Kier alpha value is -2.12. The zero-order valence-electron chi connectivity index (χ0n) is 12.4. The molecule has 0 aliphatic heterocycles. The fourth-order valence-corrected chi connectivity index (χ4v) is 3.46. The summed E-state index contributed by atoms with van der Waals surface area (Å²) in [5.74, 6) is 0.893. The SMILES string of the molecule is CC(Sc1ccccc1)C(=O)NCc1nc(-c2cccs2)no1. The fraction of sp³-hybridized carbons (Fsp3) is 0.188. The average molecular weight is 345 g/mol. The number of hydrogen-bond donors (Lipinski definition) is 1. The molecule has 2 aromatic heterocycles. The van der Waals surface area contributed by atoms with Crippen LogP contribution in [0.5, 0.6) is 0 Å². The molecule has 0 aliphatic rings. The summed E-state index contributed by atoms with van der Waals surface area (Å²) in [5.41, 5.74) is 0. The predicted octanol–water partition coefficient (Wildman–Crippen LogP) is 3.60. The van der Waals surface area contributed by atoms with Crippen molar-refractivity contribution < 1.29 is 9.32 Å². The Labute approximate surface area is 142 Å². The second-order valence-corrected chi connectivity index (χ2v) is 7.14. The lowest BCUT2D eigenvalue weighted by atomic mass is 10.4. The molecular weight excluding hydrogens is 330 g/mol. The van der Waals surface area contributed by atoms with Gasteiger partial charge in [0.25, 0.3) is 0 Å². The first-order valence-electron chi connectivity index (χ1n) is 7.08. The van der Waals surface area contributed by atoms with Crippen LogP contribution in [0.25, 0.3) is 10.7 Å². The summed E-state index contributed by atoms with van der Waals surface area (Å²) in [4.78, 5) is 18.4. The average Bonchev–Trinajstić information content (AvgIpc) is 3.24. The molecule has 0 bridgehead atoms. The topological polar surface area (TPSA) is 68.0 Å². The molecule has 1 unspecified atom stereocenters. The summed E-state index contributed by atoms with van der Waals surface area (Å²) < 4.78 is 5.16. The Bertz CT molecular complexity index is 757. The van der Waals surface area contributed by atoms with E-state index in [9.17, 15) is 4.79 Å². The number of carbonyl (C=O) groups is 1. The van der Waals surface area contributed by atoms with Crippen molar-refractivity contribution in [3.05, 3.63) is 53.7 Å². The van der Waals surface area contributed by atoms with Crippen LogP contribution >= 0.6 is 23.1 Å². The summed E-state index contributed by atoms with van der Waals surface area (Å²) in [5, 5.41) is 8.50. The number of nitrogens with zero attached hydrogens (tertiary/aromatic N) is 2. The zero-order valence-corrected chi connectivity index (χ0v) is 14.1. The third-order valence-electron chi connectivity index (χ3n) is 3.05. The van der Waals surface area contributed by atoms with Crippen LogP contribution in [-0.2, 0) is 11.3 Å². The molecule has 0 aliphatic carbocycles.